The SMILES string of the molecule is O=C(Cn1c(CNC(=O)c2ccccc2)nc2ccccc21)Nc1cccc(C(F)(F)F)c1. The van der Waals surface area contributed by atoms with Crippen molar-refractivity contribution >= 4 is 28.5 Å². The zero-order valence-electron chi connectivity index (χ0n) is 17.3. The monoisotopic (exact) mass is 452 g/mol. The minimum atomic E-state index is -4.51. The van der Waals surface area contributed by atoms with E-state index in [1.165, 1.54) is 12.1 Å². The first-order valence-electron chi connectivity index (χ1n) is 10.1. The van der Waals surface area contributed by atoms with Crippen LogP contribution in [0.25, 0.3) is 11.0 Å². The van der Waals surface area contributed by atoms with Gasteiger partial charge in [0, 0.05) is 11.3 Å². The van der Waals surface area contributed by atoms with Crippen LogP contribution in [0.5, 0.6) is 0 Å². The number of carbonyl (C=O) groups is 2. The number of halogens is 3. The van der Waals surface area contributed by atoms with Crippen LogP contribution in [0.3, 0.4) is 0 Å². The van der Waals surface area contributed by atoms with Crippen molar-refractivity contribution in [2.75, 3.05) is 5.32 Å². The Morgan fingerprint density at radius 3 is 2.39 bits per heavy atom. The number of alkyl halides is 3. The van der Waals surface area contributed by atoms with E-state index in [4.69, 9.17) is 0 Å². The predicted molar refractivity (Wildman–Crippen MR) is 117 cm³/mol. The predicted octanol–water partition coefficient (Wildman–Crippen LogP) is 4.62. The summed E-state index contributed by atoms with van der Waals surface area (Å²) in [7, 11) is 0. The fourth-order valence-corrected chi connectivity index (χ4v) is 3.41. The first-order valence-corrected chi connectivity index (χ1v) is 10.1. The lowest BCUT2D eigenvalue weighted by Crippen LogP contribution is -2.26. The molecule has 0 saturated heterocycles. The van der Waals surface area contributed by atoms with Crippen LogP contribution in [0.4, 0.5) is 18.9 Å². The van der Waals surface area contributed by atoms with E-state index in [1.807, 2.05) is 0 Å². The molecule has 0 aliphatic carbocycles. The molecule has 9 heteroatoms. The summed E-state index contributed by atoms with van der Waals surface area (Å²) >= 11 is 0. The van der Waals surface area contributed by atoms with E-state index >= 15 is 0 Å². The number of nitrogens with zero attached hydrogens (tertiary/aromatic N) is 2. The molecule has 2 amide bonds. The molecule has 4 aromatic rings. The highest BCUT2D eigenvalue weighted by molar-refractivity contribution is 5.94. The van der Waals surface area contributed by atoms with Gasteiger partial charge in [-0.2, -0.15) is 13.2 Å². The van der Waals surface area contributed by atoms with E-state index in [0.29, 0.717) is 22.4 Å². The van der Waals surface area contributed by atoms with Crippen molar-refractivity contribution in [1.29, 1.82) is 0 Å². The second kappa shape index (κ2) is 9.15. The number of imidazole rings is 1. The number of hydrogen-bond donors (Lipinski definition) is 2. The van der Waals surface area contributed by atoms with Gasteiger partial charge in [0.05, 0.1) is 23.1 Å². The largest absolute Gasteiger partial charge is 0.416 e. The first kappa shape index (κ1) is 22.1. The lowest BCUT2D eigenvalue weighted by Gasteiger charge is -2.12. The van der Waals surface area contributed by atoms with E-state index in [9.17, 15) is 22.8 Å². The van der Waals surface area contributed by atoms with Gasteiger partial charge in [0.25, 0.3) is 5.91 Å². The van der Waals surface area contributed by atoms with Crippen LogP contribution in [0.15, 0.2) is 78.9 Å². The Balaban J connectivity index is 1.53. The summed E-state index contributed by atoms with van der Waals surface area (Å²) in [5.74, 6) is -0.365. The summed E-state index contributed by atoms with van der Waals surface area (Å²) in [4.78, 5) is 29.6. The average molecular weight is 452 g/mol. The van der Waals surface area contributed by atoms with Crippen molar-refractivity contribution in [3.8, 4) is 0 Å². The molecule has 4 rings (SSSR count). The van der Waals surface area contributed by atoms with Gasteiger partial charge in [0.15, 0.2) is 0 Å². The van der Waals surface area contributed by atoms with E-state index in [2.05, 4.69) is 15.6 Å². The lowest BCUT2D eigenvalue weighted by molar-refractivity contribution is -0.137. The summed E-state index contributed by atoms with van der Waals surface area (Å²) in [6.45, 7) is -0.119. The molecule has 3 aromatic carbocycles. The molecule has 6 nitrogen and oxygen atoms in total. The summed E-state index contributed by atoms with van der Waals surface area (Å²) in [6, 6.07) is 20.3. The third kappa shape index (κ3) is 5.20. The van der Waals surface area contributed by atoms with Gasteiger partial charge in [0.2, 0.25) is 5.91 Å². The van der Waals surface area contributed by atoms with Gasteiger partial charge in [0.1, 0.15) is 12.4 Å². The summed E-state index contributed by atoms with van der Waals surface area (Å²) in [6.07, 6.45) is -4.51. The summed E-state index contributed by atoms with van der Waals surface area (Å²) in [5, 5.41) is 5.29. The molecule has 0 spiro atoms. The Labute approximate surface area is 187 Å². The molecule has 0 radical (unpaired) electrons. The van der Waals surface area contributed by atoms with Crippen molar-refractivity contribution in [2.24, 2.45) is 0 Å². The molecule has 2 N–H and O–H groups in total. The number of benzene rings is 3. The number of aromatic nitrogens is 2. The quantitative estimate of drug-likeness (QED) is 0.448. The smallest absolute Gasteiger partial charge is 0.345 e. The van der Waals surface area contributed by atoms with Gasteiger partial charge in [-0.1, -0.05) is 36.4 Å². The van der Waals surface area contributed by atoms with Gasteiger partial charge < -0.3 is 15.2 Å². The number of fused-ring (bicyclic) bond motifs is 1. The molecule has 0 unspecified atom stereocenters. The molecule has 1 heterocycles. The molecule has 0 aliphatic rings. The number of rotatable bonds is 6. The Hall–Kier alpha value is -4.14. The third-order valence-corrected chi connectivity index (χ3v) is 4.95. The summed E-state index contributed by atoms with van der Waals surface area (Å²) < 4.78 is 40.5. The molecule has 33 heavy (non-hydrogen) atoms. The van der Waals surface area contributed by atoms with Gasteiger partial charge >= 0.3 is 6.18 Å². The number of carbonyl (C=O) groups excluding carboxylic acids is 2. The molecule has 1 aromatic heterocycles. The molecule has 0 fully saturated rings. The molecule has 0 bridgehead atoms. The van der Waals surface area contributed by atoms with Crippen LogP contribution in [0, 0.1) is 0 Å². The highest BCUT2D eigenvalue weighted by Crippen LogP contribution is 2.30. The second-order valence-electron chi connectivity index (χ2n) is 7.28. The second-order valence-corrected chi connectivity index (χ2v) is 7.28. The normalized spacial score (nSPS) is 11.4. The number of hydrogen-bond acceptors (Lipinski definition) is 3. The van der Waals surface area contributed by atoms with E-state index in [0.717, 1.165) is 12.1 Å². The van der Waals surface area contributed by atoms with Crippen LogP contribution < -0.4 is 10.6 Å². The number of para-hydroxylation sites is 2. The maximum atomic E-state index is 13.0. The number of amides is 2. The molecular weight excluding hydrogens is 433 g/mol. The summed E-state index contributed by atoms with van der Waals surface area (Å²) in [5.41, 5.74) is 0.979. The van der Waals surface area contributed by atoms with Crippen molar-refractivity contribution in [2.45, 2.75) is 19.3 Å². The molecule has 0 atom stereocenters. The zero-order chi connectivity index (χ0) is 23.4. The molecular formula is C24H19F3N4O2. The van der Waals surface area contributed by atoms with Crippen molar-refractivity contribution in [3.05, 3.63) is 95.8 Å². The Morgan fingerprint density at radius 2 is 1.64 bits per heavy atom. The minimum absolute atomic E-state index is 0.0400. The van der Waals surface area contributed by atoms with Crippen molar-refractivity contribution < 1.29 is 22.8 Å². The maximum absolute atomic E-state index is 13.0. The lowest BCUT2D eigenvalue weighted by atomic mass is 10.2. The Bertz CT molecular complexity index is 1300. The fraction of sp³-hybridized carbons (Fsp3) is 0.125. The topological polar surface area (TPSA) is 76.0 Å². The van der Waals surface area contributed by atoms with Crippen LogP contribution in [-0.4, -0.2) is 21.4 Å². The van der Waals surface area contributed by atoms with E-state index in [1.54, 1.807) is 59.2 Å². The number of nitrogens with one attached hydrogen (secondary N) is 2. The first-order chi connectivity index (χ1) is 15.8. The third-order valence-electron chi connectivity index (χ3n) is 4.95. The molecule has 168 valence electrons. The standard InChI is InChI=1S/C24H19F3N4O2/c25-24(26,27)17-9-6-10-18(13-17)29-22(32)15-31-20-12-5-4-11-19(20)30-21(31)14-28-23(33)16-7-2-1-3-8-16/h1-13H,14-15H2,(H,28,33)(H,29,32). The fourth-order valence-electron chi connectivity index (χ4n) is 3.41. The van der Waals surface area contributed by atoms with Crippen LogP contribution in [-0.2, 0) is 24.1 Å². The van der Waals surface area contributed by atoms with E-state index < -0.39 is 17.6 Å². The zero-order valence-corrected chi connectivity index (χ0v) is 17.3. The van der Waals surface area contributed by atoms with Crippen LogP contribution in [0.2, 0.25) is 0 Å². The maximum Gasteiger partial charge on any atom is 0.416 e. The molecule has 0 aliphatic heterocycles. The van der Waals surface area contributed by atoms with Crippen molar-refractivity contribution in [3.63, 3.8) is 0 Å². The van der Waals surface area contributed by atoms with Crippen LogP contribution in [0.1, 0.15) is 21.7 Å². The van der Waals surface area contributed by atoms with Gasteiger partial charge in [-0.3, -0.25) is 9.59 Å². The Morgan fingerprint density at radius 1 is 0.909 bits per heavy atom. The van der Waals surface area contributed by atoms with Crippen molar-refractivity contribution in [1.82, 2.24) is 14.9 Å². The van der Waals surface area contributed by atoms with Crippen LogP contribution >= 0.6 is 0 Å². The van der Waals surface area contributed by atoms with Gasteiger partial charge in [-0.25, -0.2) is 4.98 Å². The minimum Gasteiger partial charge on any atom is -0.345 e. The van der Waals surface area contributed by atoms with Gasteiger partial charge in [-0.15, -0.1) is 0 Å². The average Bonchev–Trinajstić information content (AvgIpc) is 3.15. The Kier molecular flexibility index (Phi) is 6.12. The number of anilines is 1. The molecule has 0 saturated carbocycles. The highest BCUT2D eigenvalue weighted by atomic mass is 19.4. The van der Waals surface area contributed by atoms with E-state index in [-0.39, 0.29) is 24.7 Å². The highest BCUT2D eigenvalue weighted by Gasteiger charge is 2.30. The van der Waals surface area contributed by atoms with Gasteiger partial charge in [-0.05, 0) is 42.5 Å².